The Labute approximate surface area is 344 Å². The van der Waals surface area contributed by atoms with Crippen LogP contribution >= 0.6 is 0 Å². The van der Waals surface area contributed by atoms with Crippen molar-refractivity contribution in [2.24, 2.45) is 0 Å². The first-order chi connectivity index (χ1) is 29.2. The van der Waals surface area contributed by atoms with Crippen LogP contribution in [0.5, 0.6) is 0 Å². The Morgan fingerprint density at radius 1 is 0.373 bits per heavy atom. The highest BCUT2D eigenvalue weighted by Crippen LogP contribution is 2.58. The molecule has 0 saturated heterocycles. The maximum absolute atomic E-state index is 6.80. The summed E-state index contributed by atoms with van der Waals surface area (Å²) in [5.41, 5.74) is 18.2. The van der Waals surface area contributed by atoms with Gasteiger partial charge in [0.2, 0.25) is 0 Å². The molecule has 0 spiro atoms. The molecule has 278 valence electrons. The number of benzene rings is 9. The normalized spacial score (nSPS) is 15.7. The molecule has 0 aliphatic heterocycles. The summed E-state index contributed by atoms with van der Waals surface area (Å²) in [6.45, 7) is 2.38. The van der Waals surface area contributed by atoms with Crippen LogP contribution in [0.2, 0.25) is 0 Å². The van der Waals surface area contributed by atoms with Crippen molar-refractivity contribution in [3.63, 3.8) is 0 Å². The highest BCUT2D eigenvalue weighted by atomic mass is 16.3. The van der Waals surface area contributed by atoms with Gasteiger partial charge in [-0.15, -0.1) is 0 Å². The average Bonchev–Trinajstić information content (AvgIpc) is 3.93. The lowest BCUT2D eigenvalue weighted by Crippen LogP contribution is -2.28. The molecule has 0 saturated carbocycles. The minimum absolute atomic E-state index is 0.287. The Morgan fingerprint density at radius 3 is 1.53 bits per heavy atom. The van der Waals surface area contributed by atoms with Gasteiger partial charge in [0.1, 0.15) is 5.58 Å². The van der Waals surface area contributed by atoms with Gasteiger partial charge in [0.15, 0.2) is 5.58 Å². The summed E-state index contributed by atoms with van der Waals surface area (Å²) in [5.74, 6) is 0. The van der Waals surface area contributed by atoms with Crippen LogP contribution in [-0.2, 0) is 10.8 Å². The number of hydrogen-bond acceptors (Lipinski definition) is 2. The van der Waals surface area contributed by atoms with Gasteiger partial charge in [0.25, 0.3) is 0 Å². The third-order valence-electron chi connectivity index (χ3n) is 13.2. The van der Waals surface area contributed by atoms with Gasteiger partial charge in [0.05, 0.1) is 11.1 Å². The van der Waals surface area contributed by atoms with Gasteiger partial charge in [-0.3, -0.25) is 0 Å². The van der Waals surface area contributed by atoms with E-state index in [0.29, 0.717) is 0 Å². The van der Waals surface area contributed by atoms with Crippen molar-refractivity contribution >= 4 is 39.0 Å². The van der Waals surface area contributed by atoms with E-state index in [-0.39, 0.29) is 5.41 Å². The molecule has 2 nitrogen and oxygen atoms in total. The molecule has 0 bridgehead atoms. The minimum atomic E-state index is -0.476. The van der Waals surface area contributed by atoms with Crippen molar-refractivity contribution in [3.05, 3.63) is 257 Å². The first-order valence-corrected chi connectivity index (χ1v) is 20.5. The van der Waals surface area contributed by atoms with Crippen molar-refractivity contribution in [3.8, 4) is 22.3 Å². The van der Waals surface area contributed by atoms with E-state index in [1.54, 1.807) is 0 Å². The average molecular weight is 754 g/mol. The molecule has 9 aromatic carbocycles. The lowest BCUT2D eigenvalue weighted by Gasteiger charge is -2.34. The minimum Gasteiger partial charge on any atom is -0.454 e. The molecule has 59 heavy (non-hydrogen) atoms. The summed E-state index contributed by atoms with van der Waals surface area (Å²) >= 11 is 0. The summed E-state index contributed by atoms with van der Waals surface area (Å²) in [6.07, 6.45) is 0. The van der Waals surface area contributed by atoms with Crippen molar-refractivity contribution in [2.45, 2.75) is 17.8 Å². The predicted octanol–water partition coefficient (Wildman–Crippen LogP) is 14.8. The van der Waals surface area contributed by atoms with Gasteiger partial charge < -0.3 is 9.32 Å². The largest absolute Gasteiger partial charge is 0.454 e. The number of hydrogen-bond donors (Lipinski definition) is 0. The second-order valence-corrected chi connectivity index (χ2v) is 16.1. The number of nitrogens with zero attached hydrogens (tertiary/aromatic N) is 1. The summed E-state index contributed by atoms with van der Waals surface area (Å²) < 4.78 is 6.80. The third kappa shape index (κ3) is 4.69. The lowest BCUT2D eigenvalue weighted by molar-refractivity contribution is 0.669. The van der Waals surface area contributed by atoms with E-state index >= 15 is 0 Å². The number of para-hydroxylation sites is 2. The molecular weight excluding hydrogens is 715 g/mol. The molecule has 1 heterocycles. The molecular formula is C57H39NO. The SMILES string of the molecule is CC1(c2ccccc2)c2ccccc2-c2cc(N(c3ccc4c(c3)-c3ccccc3C4(c3ccccc3)c3ccccc3)c3cccc4c3oc3ccccc34)ccc21. The van der Waals surface area contributed by atoms with E-state index in [1.807, 2.05) is 6.07 Å². The lowest BCUT2D eigenvalue weighted by atomic mass is 9.68. The number of fused-ring (bicyclic) bond motifs is 9. The molecule has 1 unspecified atom stereocenters. The van der Waals surface area contributed by atoms with Crippen LogP contribution in [0.1, 0.15) is 45.9 Å². The van der Waals surface area contributed by atoms with E-state index < -0.39 is 5.41 Å². The Kier molecular flexibility index (Phi) is 7.31. The topological polar surface area (TPSA) is 16.4 Å². The molecule has 1 aromatic heterocycles. The first-order valence-electron chi connectivity index (χ1n) is 20.5. The fourth-order valence-electron chi connectivity index (χ4n) is 10.6. The van der Waals surface area contributed by atoms with Crippen molar-refractivity contribution in [2.75, 3.05) is 4.90 Å². The highest BCUT2D eigenvalue weighted by Gasteiger charge is 2.46. The van der Waals surface area contributed by atoms with Crippen LogP contribution in [-0.4, -0.2) is 0 Å². The van der Waals surface area contributed by atoms with Gasteiger partial charge in [-0.05, 0) is 105 Å². The standard InChI is InChI=1S/C57H39NO/c1-56(38-18-5-2-6-19-38)49-28-14-11-24-43(49)47-36-41(32-34-50(47)56)58(53-30-17-27-46-45-26-13-16-31-54(45)59-55(46)53)42-33-35-52-48(37-42)44-25-12-15-29-51(44)57(52,39-20-7-3-8-21-39)40-22-9-4-10-23-40/h2-37H,1H3. The Bertz CT molecular complexity index is 3200. The zero-order chi connectivity index (χ0) is 39.1. The fraction of sp³-hybridized carbons (Fsp3) is 0.0526. The van der Waals surface area contributed by atoms with Crippen LogP contribution in [0, 0.1) is 0 Å². The number of anilines is 3. The molecule has 2 heteroatoms. The zero-order valence-corrected chi connectivity index (χ0v) is 32.6. The maximum atomic E-state index is 6.80. The first kappa shape index (κ1) is 33.7. The van der Waals surface area contributed by atoms with Gasteiger partial charge in [-0.2, -0.15) is 0 Å². The molecule has 0 radical (unpaired) electrons. The van der Waals surface area contributed by atoms with E-state index in [2.05, 4.69) is 224 Å². The van der Waals surface area contributed by atoms with Crippen LogP contribution in [0.15, 0.2) is 223 Å². The van der Waals surface area contributed by atoms with E-state index in [1.165, 1.54) is 61.2 Å². The van der Waals surface area contributed by atoms with Crippen molar-refractivity contribution < 1.29 is 4.42 Å². The fourth-order valence-corrected chi connectivity index (χ4v) is 10.6. The maximum Gasteiger partial charge on any atom is 0.159 e. The van der Waals surface area contributed by atoms with Crippen LogP contribution in [0.25, 0.3) is 44.2 Å². The van der Waals surface area contributed by atoms with Crippen molar-refractivity contribution in [1.82, 2.24) is 0 Å². The highest BCUT2D eigenvalue weighted by molar-refractivity contribution is 6.10. The second kappa shape index (κ2) is 12.8. The van der Waals surface area contributed by atoms with E-state index in [0.717, 1.165) is 39.0 Å². The molecule has 0 N–H and O–H groups in total. The summed E-state index contributed by atoms with van der Waals surface area (Å²) in [4.78, 5) is 2.42. The molecule has 0 fully saturated rings. The zero-order valence-electron chi connectivity index (χ0n) is 32.6. The molecule has 12 rings (SSSR count). The van der Waals surface area contributed by atoms with Crippen LogP contribution in [0.4, 0.5) is 17.1 Å². The van der Waals surface area contributed by atoms with Crippen LogP contribution < -0.4 is 4.90 Å². The Morgan fingerprint density at radius 2 is 0.847 bits per heavy atom. The predicted molar refractivity (Wildman–Crippen MR) is 243 cm³/mol. The van der Waals surface area contributed by atoms with Gasteiger partial charge in [0, 0.05) is 27.6 Å². The molecule has 10 aromatic rings. The van der Waals surface area contributed by atoms with E-state index in [9.17, 15) is 0 Å². The van der Waals surface area contributed by atoms with Gasteiger partial charge in [-0.25, -0.2) is 0 Å². The molecule has 1 atom stereocenters. The second-order valence-electron chi connectivity index (χ2n) is 16.1. The quantitative estimate of drug-likeness (QED) is 0.168. The number of furan rings is 1. The summed E-state index contributed by atoms with van der Waals surface area (Å²) in [7, 11) is 0. The smallest absolute Gasteiger partial charge is 0.159 e. The monoisotopic (exact) mass is 753 g/mol. The summed E-state index contributed by atoms with van der Waals surface area (Å²) in [5, 5.41) is 2.22. The van der Waals surface area contributed by atoms with Crippen LogP contribution in [0.3, 0.4) is 0 Å². The molecule has 0 amide bonds. The van der Waals surface area contributed by atoms with Crippen molar-refractivity contribution in [1.29, 1.82) is 0 Å². The molecule has 2 aliphatic rings. The number of rotatable bonds is 6. The summed E-state index contributed by atoms with van der Waals surface area (Å²) in [6, 6.07) is 80.0. The van der Waals surface area contributed by atoms with Gasteiger partial charge in [-0.1, -0.05) is 182 Å². The molecule has 2 aliphatic carbocycles. The van der Waals surface area contributed by atoms with Gasteiger partial charge >= 0.3 is 0 Å². The van der Waals surface area contributed by atoms with E-state index in [4.69, 9.17) is 4.42 Å². The Balaban J connectivity index is 1.13. The third-order valence-corrected chi connectivity index (χ3v) is 13.2. The Hall–Kier alpha value is -7.42.